The van der Waals surface area contributed by atoms with Gasteiger partial charge < -0.3 is 14.0 Å². The maximum absolute atomic E-state index is 11.5. The van der Waals surface area contributed by atoms with Crippen molar-refractivity contribution in [2.45, 2.75) is 13.3 Å². The van der Waals surface area contributed by atoms with E-state index in [1.165, 1.54) is 20.7 Å². The largest absolute Gasteiger partial charge is 0.462 e. The molecule has 0 saturated carbocycles. The Balaban J connectivity index is 3.70. The number of rotatable bonds is 8. The highest BCUT2D eigenvalue weighted by atomic mass is 31.2. The van der Waals surface area contributed by atoms with E-state index in [-0.39, 0.29) is 31.4 Å². The van der Waals surface area contributed by atoms with Crippen LogP contribution in [-0.4, -0.2) is 45.1 Å². The molecule has 1 atom stereocenters. The van der Waals surface area contributed by atoms with Crippen molar-refractivity contribution in [1.82, 2.24) is 0 Å². The molecular weight excluding hydrogens is 259 g/mol. The zero-order valence-electron chi connectivity index (χ0n) is 10.9. The van der Waals surface area contributed by atoms with E-state index >= 15 is 0 Å². The molecule has 0 rings (SSSR count). The summed E-state index contributed by atoms with van der Waals surface area (Å²) in [7, 11) is -1.36. The third-order valence-electron chi connectivity index (χ3n) is 2.04. The van der Waals surface area contributed by atoms with Crippen molar-refractivity contribution in [3.05, 3.63) is 12.2 Å². The molecule has 0 bridgehead atoms. The van der Waals surface area contributed by atoms with Crippen molar-refractivity contribution in [1.29, 1.82) is 0 Å². The lowest BCUT2D eigenvalue weighted by Crippen LogP contribution is -2.14. The molecule has 0 amide bonds. The van der Waals surface area contributed by atoms with Gasteiger partial charge in [-0.1, -0.05) is 6.58 Å². The summed E-state index contributed by atoms with van der Waals surface area (Å²) in [4.78, 5) is 22.2. The first-order valence-corrected chi connectivity index (χ1v) is 7.64. The normalized spacial score (nSPS) is 13.5. The Labute approximate surface area is 107 Å². The molecule has 0 aromatic rings. The number of hydrogen-bond acceptors (Lipinski definition) is 6. The predicted molar refractivity (Wildman–Crippen MR) is 66.8 cm³/mol. The van der Waals surface area contributed by atoms with Gasteiger partial charge in [0.25, 0.3) is 0 Å². The van der Waals surface area contributed by atoms with E-state index in [1.807, 2.05) is 0 Å². The second kappa shape index (κ2) is 8.06. The molecule has 0 aromatic carbocycles. The van der Waals surface area contributed by atoms with Crippen LogP contribution in [0.3, 0.4) is 0 Å². The summed E-state index contributed by atoms with van der Waals surface area (Å²) in [5.74, 6) is -1.02. The molecule has 0 N–H and O–H groups in total. The van der Waals surface area contributed by atoms with Gasteiger partial charge in [-0.2, -0.15) is 0 Å². The number of ether oxygens (including phenoxy) is 2. The molecule has 7 heteroatoms. The van der Waals surface area contributed by atoms with Crippen LogP contribution in [0.1, 0.15) is 13.3 Å². The Morgan fingerprint density at radius 1 is 1.22 bits per heavy atom. The number of carbonyl (C=O) groups is 2. The Bertz CT molecular complexity index is 363. The summed E-state index contributed by atoms with van der Waals surface area (Å²) in [5, 5.41) is 0. The van der Waals surface area contributed by atoms with Crippen molar-refractivity contribution in [3.63, 3.8) is 0 Å². The third-order valence-corrected chi connectivity index (χ3v) is 3.84. The molecule has 0 aliphatic carbocycles. The second-order valence-electron chi connectivity index (χ2n) is 3.81. The summed E-state index contributed by atoms with van der Waals surface area (Å²) in [6, 6.07) is 0. The van der Waals surface area contributed by atoms with Gasteiger partial charge in [0.15, 0.2) is 0 Å². The maximum Gasteiger partial charge on any atom is 0.333 e. The zero-order valence-corrected chi connectivity index (χ0v) is 11.8. The lowest BCUT2D eigenvalue weighted by Gasteiger charge is -2.10. The first-order valence-electron chi connectivity index (χ1n) is 5.39. The highest BCUT2D eigenvalue weighted by Crippen LogP contribution is 2.41. The van der Waals surface area contributed by atoms with E-state index < -0.39 is 19.3 Å². The molecule has 0 fully saturated rings. The fraction of sp³-hybridized carbons (Fsp3) is 0.636. The average Bonchev–Trinajstić information content (AvgIpc) is 2.31. The van der Waals surface area contributed by atoms with Crippen LogP contribution in [0.15, 0.2) is 12.2 Å². The van der Waals surface area contributed by atoms with Gasteiger partial charge in [0.1, 0.15) is 13.2 Å². The lowest BCUT2D eigenvalue weighted by molar-refractivity contribution is -0.149. The Kier molecular flexibility index (Phi) is 7.55. The van der Waals surface area contributed by atoms with E-state index in [4.69, 9.17) is 14.0 Å². The first kappa shape index (κ1) is 16.9. The van der Waals surface area contributed by atoms with E-state index in [1.54, 1.807) is 0 Å². The van der Waals surface area contributed by atoms with Crippen LogP contribution >= 0.6 is 7.37 Å². The Morgan fingerprint density at radius 2 is 1.78 bits per heavy atom. The molecule has 1 unspecified atom stereocenters. The van der Waals surface area contributed by atoms with Gasteiger partial charge >= 0.3 is 11.9 Å². The van der Waals surface area contributed by atoms with E-state index in [9.17, 15) is 14.2 Å². The minimum absolute atomic E-state index is 0.00997. The van der Waals surface area contributed by atoms with Gasteiger partial charge in [-0.25, -0.2) is 4.79 Å². The molecule has 0 aromatic heterocycles. The number of carbonyl (C=O) groups excluding carboxylic acids is 2. The fourth-order valence-corrected chi connectivity index (χ4v) is 1.64. The monoisotopic (exact) mass is 278 g/mol. The molecule has 0 spiro atoms. The maximum atomic E-state index is 11.5. The predicted octanol–water partition coefficient (Wildman–Crippen LogP) is 1.59. The molecule has 104 valence electrons. The molecule has 0 saturated heterocycles. The van der Waals surface area contributed by atoms with Crippen LogP contribution in [0, 0.1) is 0 Å². The van der Waals surface area contributed by atoms with Crippen molar-refractivity contribution >= 4 is 19.3 Å². The van der Waals surface area contributed by atoms with Crippen molar-refractivity contribution in [2.24, 2.45) is 0 Å². The second-order valence-corrected chi connectivity index (χ2v) is 6.65. The minimum atomic E-state index is -2.69. The summed E-state index contributed by atoms with van der Waals surface area (Å²) in [6.45, 7) is 6.34. The number of hydrogen-bond donors (Lipinski definition) is 0. The summed E-state index contributed by atoms with van der Waals surface area (Å²) in [6.07, 6.45) is 0.143. The SMILES string of the molecule is C=C(C)C(=O)OCCOC(=O)CCP(C)(=O)OC. The smallest absolute Gasteiger partial charge is 0.333 e. The summed E-state index contributed by atoms with van der Waals surface area (Å²) < 4.78 is 25.7. The van der Waals surface area contributed by atoms with Crippen LogP contribution in [0.25, 0.3) is 0 Å². The van der Waals surface area contributed by atoms with Crippen LogP contribution in [0.4, 0.5) is 0 Å². The van der Waals surface area contributed by atoms with E-state index in [2.05, 4.69) is 6.58 Å². The number of esters is 2. The highest BCUT2D eigenvalue weighted by molar-refractivity contribution is 7.58. The van der Waals surface area contributed by atoms with E-state index in [0.29, 0.717) is 0 Å². The van der Waals surface area contributed by atoms with Crippen LogP contribution < -0.4 is 0 Å². The highest BCUT2D eigenvalue weighted by Gasteiger charge is 2.16. The van der Waals surface area contributed by atoms with Gasteiger partial charge in [0.2, 0.25) is 7.37 Å². The standard InChI is InChI=1S/C11H19O6P/c1-9(2)11(13)17-7-6-16-10(12)5-8-18(4,14)15-3/h1,5-8H2,2-4H3. The van der Waals surface area contributed by atoms with Gasteiger partial charge in [-0.3, -0.25) is 9.36 Å². The van der Waals surface area contributed by atoms with E-state index in [0.717, 1.165) is 0 Å². The van der Waals surface area contributed by atoms with Crippen LogP contribution in [-0.2, 0) is 28.2 Å². The molecule has 18 heavy (non-hydrogen) atoms. The first-order chi connectivity index (χ1) is 8.28. The summed E-state index contributed by atoms with van der Waals surface area (Å²) >= 11 is 0. The third kappa shape index (κ3) is 8.03. The van der Waals surface area contributed by atoms with Crippen LogP contribution in [0.5, 0.6) is 0 Å². The van der Waals surface area contributed by atoms with Crippen molar-refractivity contribution < 1.29 is 28.2 Å². The van der Waals surface area contributed by atoms with Crippen molar-refractivity contribution in [3.8, 4) is 0 Å². The molecule has 0 heterocycles. The van der Waals surface area contributed by atoms with Gasteiger partial charge in [-0.05, 0) is 6.92 Å². The quantitative estimate of drug-likeness (QED) is 0.290. The molecular formula is C11H19O6P. The van der Waals surface area contributed by atoms with Gasteiger partial charge in [0.05, 0.1) is 6.42 Å². The van der Waals surface area contributed by atoms with Gasteiger partial charge in [0, 0.05) is 25.5 Å². The van der Waals surface area contributed by atoms with Crippen LogP contribution in [0.2, 0.25) is 0 Å². The Hall–Kier alpha value is -1.13. The fourth-order valence-electron chi connectivity index (χ4n) is 0.871. The lowest BCUT2D eigenvalue weighted by atomic mass is 10.4. The Morgan fingerprint density at radius 3 is 2.28 bits per heavy atom. The average molecular weight is 278 g/mol. The molecule has 0 radical (unpaired) electrons. The summed E-state index contributed by atoms with van der Waals surface area (Å²) in [5.41, 5.74) is 0.286. The molecule has 0 aliphatic heterocycles. The molecule has 6 nitrogen and oxygen atoms in total. The zero-order chi connectivity index (χ0) is 14.2. The van der Waals surface area contributed by atoms with Crippen molar-refractivity contribution in [2.75, 3.05) is 33.2 Å². The minimum Gasteiger partial charge on any atom is -0.462 e. The molecule has 0 aliphatic rings. The van der Waals surface area contributed by atoms with Gasteiger partial charge in [-0.15, -0.1) is 0 Å². The topological polar surface area (TPSA) is 78.9 Å².